The zero-order chi connectivity index (χ0) is 23.1. The highest BCUT2D eigenvalue weighted by Gasteiger charge is 2.29. The topological polar surface area (TPSA) is 58.6 Å². The third-order valence-electron chi connectivity index (χ3n) is 5.41. The molecule has 0 aliphatic rings. The molecular formula is C26H36N2O3. The molecule has 1 N–H and O–H groups in total. The van der Waals surface area contributed by atoms with Gasteiger partial charge in [-0.25, -0.2) is 0 Å². The number of hydrogen-bond donors (Lipinski definition) is 1. The Kier molecular flexibility index (Phi) is 8.66. The van der Waals surface area contributed by atoms with Gasteiger partial charge >= 0.3 is 0 Å². The summed E-state index contributed by atoms with van der Waals surface area (Å²) in [5.41, 5.74) is 5.37. The van der Waals surface area contributed by atoms with Crippen LogP contribution in [0.5, 0.6) is 5.75 Å². The van der Waals surface area contributed by atoms with Crippen LogP contribution in [-0.4, -0.2) is 35.4 Å². The fourth-order valence-corrected chi connectivity index (χ4v) is 3.56. The van der Waals surface area contributed by atoms with Crippen LogP contribution in [0.2, 0.25) is 0 Å². The van der Waals surface area contributed by atoms with Crippen molar-refractivity contribution in [2.75, 3.05) is 6.61 Å². The second kappa shape index (κ2) is 11.0. The number of amides is 2. The first-order valence-electron chi connectivity index (χ1n) is 11.0. The zero-order valence-electron chi connectivity index (χ0n) is 19.9. The SMILES string of the molecule is CC[C@H](C(=O)NC(C)C)N(Cc1ccc(C)cc1)C(=O)COc1cc(C)cc(C)c1C. The van der Waals surface area contributed by atoms with Gasteiger partial charge in [-0.15, -0.1) is 0 Å². The summed E-state index contributed by atoms with van der Waals surface area (Å²) in [5.74, 6) is 0.367. The number of nitrogens with zero attached hydrogens (tertiary/aromatic N) is 1. The fourth-order valence-electron chi connectivity index (χ4n) is 3.56. The van der Waals surface area contributed by atoms with Gasteiger partial charge in [0.25, 0.3) is 5.91 Å². The summed E-state index contributed by atoms with van der Waals surface area (Å²) in [6, 6.07) is 11.5. The van der Waals surface area contributed by atoms with Crippen molar-refractivity contribution < 1.29 is 14.3 Å². The molecule has 0 saturated heterocycles. The summed E-state index contributed by atoms with van der Waals surface area (Å²) in [6.45, 7) is 14.1. The highest BCUT2D eigenvalue weighted by atomic mass is 16.5. The van der Waals surface area contributed by atoms with Gasteiger partial charge in [0.15, 0.2) is 6.61 Å². The molecule has 2 aromatic carbocycles. The van der Waals surface area contributed by atoms with E-state index >= 15 is 0 Å². The molecule has 5 heteroatoms. The third-order valence-corrected chi connectivity index (χ3v) is 5.41. The van der Waals surface area contributed by atoms with E-state index in [4.69, 9.17) is 4.74 Å². The summed E-state index contributed by atoms with van der Waals surface area (Å²) >= 11 is 0. The second-order valence-corrected chi connectivity index (χ2v) is 8.59. The molecular weight excluding hydrogens is 388 g/mol. The van der Waals surface area contributed by atoms with Gasteiger partial charge in [-0.1, -0.05) is 42.8 Å². The molecule has 0 heterocycles. The maximum absolute atomic E-state index is 13.3. The molecule has 1 atom stereocenters. The van der Waals surface area contributed by atoms with Crippen molar-refractivity contribution in [2.24, 2.45) is 0 Å². The summed E-state index contributed by atoms with van der Waals surface area (Å²) in [7, 11) is 0. The Balaban J connectivity index is 2.26. The molecule has 0 aliphatic heterocycles. The van der Waals surface area contributed by atoms with Crippen LogP contribution in [0.1, 0.15) is 55.0 Å². The van der Waals surface area contributed by atoms with E-state index in [1.165, 1.54) is 0 Å². The average Bonchev–Trinajstić information content (AvgIpc) is 2.70. The number of benzene rings is 2. The molecule has 0 spiro atoms. The smallest absolute Gasteiger partial charge is 0.261 e. The summed E-state index contributed by atoms with van der Waals surface area (Å²) in [4.78, 5) is 27.8. The van der Waals surface area contributed by atoms with Crippen LogP contribution < -0.4 is 10.1 Å². The summed E-state index contributed by atoms with van der Waals surface area (Å²) < 4.78 is 5.93. The van der Waals surface area contributed by atoms with E-state index in [1.54, 1.807) is 4.90 Å². The second-order valence-electron chi connectivity index (χ2n) is 8.59. The Labute approximate surface area is 186 Å². The minimum atomic E-state index is -0.555. The quantitative estimate of drug-likeness (QED) is 0.638. The average molecular weight is 425 g/mol. The predicted molar refractivity (Wildman–Crippen MR) is 125 cm³/mol. The van der Waals surface area contributed by atoms with Crippen LogP contribution in [0.3, 0.4) is 0 Å². The van der Waals surface area contributed by atoms with Crippen molar-refractivity contribution in [3.63, 3.8) is 0 Å². The Hall–Kier alpha value is -2.82. The van der Waals surface area contributed by atoms with E-state index in [9.17, 15) is 9.59 Å². The molecule has 0 aromatic heterocycles. The molecule has 31 heavy (non-hydrogen) atoms. The number of carbonyl (C=O) groups is 2. The Bertz CT molecular complexity index is 904. The van der Waals surface area contributed by atoms with Crippen molar-refractivity contribution in [1.82, 2.24) is 10.2 Å². The van der Waals surface area contributed by atoms with Gasteiger partial charge in [-0.05, 0) is 76.3 Å². The Morgan fingerprint density at radius 3 is 2.23 bits per heavy atom. The van der Waals surface area contributed by atoms with Crippen LogP contribution in [0, 0.1) is 27.7 Å². The largest absolute Gasteiger partial charge is 0.483 e. The lowest BCUT2D eigenvalue weighted by molar-refractivity contribution is -0.143. The molecule has 0 bridgehead atoms. The Morgan fingerprint density at radius 2 is 1.65 bits per heavy atom. The monoisotopic (exact) mass is 424 g/mol. The number of carbonyl (C=O) groups excluding carboxylic acids is 2. The number of hydrogen-bond acceptors (Lipinski definition) is 3. The van der Waals surface area contributed by atoms with Crippen molar-refractivity contribution in [1.29, 1.82) is 0 Å². The van der Waals surface area contributed by atoms with Crippen LogP contribution in [0.4, 0.5) is 0 Å². The fraction of sp³-hybridized carbons (Fsp3) is 0.462. The van der Waals surface area contributed by atoms with E-state index in [2.05, 4.69) is 11.4 Å². The van der Waals surface area contributed by atoms with E-state index in [-0.39, 0.29) is 24.5 Å². The number of ether oxygens (including phenoxy) is 1. The third kappa shape index (κ3) is 6.84. The van der Waals surface area contributed by atoms with Gasteiger partial charge in [0, 0.05) is 12.6 Å². The van der Waals surface area contributed by atoms with Crippen LogP contribution in [-0.2, 0) is 16.1 Å². The van der Waals surface area contributed by atoms with Gasteiger partial charge in [0.1, 0.15) is 11.8 Å². The first-order chi connectivity index (χ1) is 14.6. The minimum Gasteiger partial charge on any atom is -0.483 e. The van der Waals surface area contributed by atoms with E-state index < -0.39 is 6.04 Å². The number of nitrogens with one attached hydrogen (secondary N) is 1. The molecule has 168 valence electrons. The lowest BCUT2D eigenvalue weighted by atomic mass is 10.1. The molecule has 5 nitrogen and oxygen atoms in total. The molecule has 0 unspecified atom stereocenters. The van der Waals surface area contributed by atoms with Crippen LogP contribution in [0.25, 0.3) is 0 Å². The van der Waals surface area contributed by atoms with Gasteiger partial charge in [0.05, 0.1) is 0 Å². The van der Waals surface area contributed by atoms with Crippen molar-refractivity contribution in [3.05, 3.63) is 64.2 Å². The molecule has 0 fully saturated rings. The van der Waals surface area contributed by atoms with Crippen molar-refractivity contribution in [3.8, 4) is 5.75 Å². The molecule has 2 amide bonds. The minimum absolute atomic E-state index is 0.00652. The lowest BCUT2D eigenvalue weighted by Crippen LogP contribution is -2.51. The molecule has 2 aromatic rings. The first kappa shape index (κ1) is 24.4. The van der Waals surface area contributed by atoms with Gasteiger partial charge < -0.3 is 15.0 Å². The normalized spacial score (nSPS) is 11.9. The Morgan fingerprint density at radius 1 is 1.00 bits per heavy atom. The van der Waals surface area contributed by atoms with Crippen molar-refractivity contribution >= 4 is 11.8 Å². The summed E-state index contributed by atoms with van der Waals surface area (Å²) in [6.07, 6.45) is 0.527. The lowest BCUT2D eigenvalue weighted by Gasteiger charge is -2.31. The number of rotatable bonds is 9. The first-order valence-corrected chi connectivity index (χ1v) is 11.0. The highest BCUT2D eigenvalue weighted by Crippen LogP contribution is 2.23. The highest BCUT2D eigenvalue weighted by molar-refractivity contribution is 5.88. The van der Waals surface area contributed by atoms with E-state index in [0.717, 1.165) is 27.8 Å². The molecule has 0 radical (unpaired) electrons. The molecule has 0 aliphatic carbocycles. The van der Waals surface area contributed by atoms with Gasteiger partial charge in [-0.2, -0.15) is 0 Å². The van der Waals surface area contributed by atoms with Crippen LogP contribution in [0.15, 0.2) is 36.4 Å². The maximum atomic E-state index is 13.3. The molecule has 2 rings (SSSR count). The van der Waals surface area contributed by atoms with E-state index in [0.29, 0.717) is 18.7 Å². The van der Waals surface area contributed by atoms with Gasteiger partial charge in [-0.3, -0.25) is 9.59 Å². The summed E-state index contributed by atoms with van der Waals surface area (Å²) in [5, 5.41) is 2.95. The van der Waals surface area contributed by atoms with E-state index in [1.807, 2.05) is 78.8 Å². The zero-order valence-corrected chi connectivity index (χ0v) is 19.9. The van der Waals surface area contributed by atoms with Gasteiger partial charge in [0.2, 0.25) is 5.91 Å². The predicted octanol–water partition coefficient (Wildman–Crippen LogP) is 4.63. The maximum Gasteiger partial charge on any atom is 0.261 e. The molecule has 0 saturated carbocycles. The number of aryl methyl sites for hydroxylation is 3. The van der Waals surface area contributed by atoms with Crippen LogP contribution >= 0.6 is 0 Å². The standard InChI is InChI=1S/C26H36N2O3/c1-8-23(26(30)27-17(2)3)28(15-22-11-9-18(4)10-12-22)25(29)16-31-24-14-19(5)13-20(6)21(24)7/h9-14,17,23H,8,15-16H2,1-7H3,(H,27,30)/t23-/m1/s1. The van der Waals surface area contributed by atoms with Crippen molar-refractivity contribution in [2.45, 2.75) is 73.5 Å².